The molecule has 17 heavy (non-hydrogen) atoms. The number of carbonyl (C=O) groups excluding carboxylic acids is 1. The fraction of sp³-hybridized carbons (Fsp3) is 0.455. The lowest BCUT2D eigenvalue weighted by molar-refractivity contribution is -0.159. The Kier molecular flexibility index (Phi) is 4.53. The van der Waals surface area contributed by atoms with Crippen LogP contribution in [0.15, 0.2) is 12.3 Å². The summed E-state index contributed by atoms with van der Waals surface area (Å²) in [6.45, 7) is 3.28. The predicted molar refractivity (Wildman–Crippen MR) is 56.5 cm³/mol. The van der Waals surface area contributed by atoms with Crippen LogP contribution < -0.4 is 0 Å². The van der Waals surface area contributed by atoms with Gasteiger partial charge in [0.1, 0.15) is 6.10 Å². The number of pyridine rings is 1. The number of nitrogens with zero attached hydrogens (tertiary/aromatic N) is 1. The number of hydrogen-bond acceptors (Lipinski definition) is 5. The van der Waals surface area contributed by atoms with E-state index < -0.39 is 24.1 Å². The van der Waals surface area contributed by atoms with Gasteiger partial charge >= 0.3 is 5.97 Å². The highest BCUT2D eigenvalue weighted by Gasteiger charge is 2.29. The van der Waals surface area contributed by atoms with Crippen LogP contribution in [0, 0.1) is 12.9 Å². The van der Waals surface area contributed by atoms with Crippen molar-refractivity contribution in [2.24, 2.45) is 0 Å². The molecule has 1 heterocycles. The fourth-order valence-corrected chi connectivity index (χ4v) is 1.31. The average Bonchev–Trinajstić information content (AvgIpc) is 2.30. The Morgan fingerprint density at radius 2 is 2.24 bits per heavy atom. The number of aryl methyl sites for hydroxylation is 1. The third kappa shape index (κ3) is 3.21. The number of rotatable bonds is 4. The molecule has 0 aliphatic carbocycles. The van der Waals surface area contributed by atoms with Crippen molar-refractivity contribution >= 4 is 5.97 Å². The van der Waals surface area contributed by atoms with Gasteiger partial charge in [-0.3, -0.25) is 0 Å². The number of esters is 1. The molecule has 94 valence electrons. The van der Waals surface area contributed by atoms with E-state index >= 15 is 0 Å². The zero-order chi connectivity index (χ0) is 13.0. The summed E-state index contributed by atoms with van der Waals surface area (Å²) in [5.74, 6) is -1.92. The van der Waals surface area contributed by atoms with E-state index in [-0.39, 0.29) is 12.2 Å². The second-order valence-corrected chi connectivity index (χ2v) is 3.53. The van der Waals surface area contributed by atoms with Gasteiger partial charge in [-0.15, -0.1) is 0 Å². The van der Waals surface area contributed by atoms with Crippen LogP contribution in [-0.4, -0.2) is 33.9 Å². The van der Waals surface area contributed by atoms with Crippen LogP contribution in [0.3, 0.4) is 0 Å². The lowest BCUT2D eigenvalue weighted by Crippen LogP contribution is -2.30. The van der Waals surface area contributed by atoms with Gasteiger partial charge in [0.2, 0.25) is 5.95 Å². The van der Waals surface area contributed by atoms with Crippen molar-refractivity contribution in [3.05, 3.63) is 29.3 Å². The SMILES string of the molecule is CCOC(=O)C(O)C(O)c1cc(C)cnc1F. The Bertz CT molecular complexity index is 410. The van der Waals surface area contributed by atoms with E-state index in [0.29, 0.717) is 5.56 Å². The summed E-state index contributed by atoms with van der Waals surface area (Å²) in [6, 6.07) is 1.31. The van der Waals surface area contributed by atoms with Crippen molar-refractivity contribution in [3.8, 4) is 0 Å². The number of halogens is 1. The van der Waals surface area contributed by atoms with Crippen LogP contribution in [-0.2, 0) is 9.53 Å². The zero-order valence-corrected chi connectivity index (χ0v) is 9.55. The summed E-state index contributed by atoms with van der Waals surface area (Å²) in [5.41, 5.74) is 0.377. The van der Waals surface area contributed by atoms with E-state index in [1.807, 2.05) is 0 Å². The number of carbonyl (C=O) groups is 1. The third-order valence-corrected chi connectivity index (χ3v) is 2.15. The molecule has 0 amide bonds. The van der Waals surface area contributed by atoms with Gasteiger partial charge < -0.3 is 14.9 Å². The van der Waals surface area contributed by atoms with E-state index in [4.69, 9.17) is 0 Å². The van der Waals surface area contributed by atoms with Gasteiger partial charge in [0.15, 0.2) is 6.10 Å². The van der Waals surface area contributed by atoms with Crippen LogP contribution in [0.25, 0.3) is 0 Å². The Morgan fingerprint density at radius 1 is 1.59 bits per heavy atom. The topological polar surface area (TPSA) is 79.7 Å². The summed E-state index contributed by atoms with van der Waals surface area (Å²) < 4.78 is 17.8. The summed E-state index contributed by atoms with van der Waals surface area (Å²) in [6.07, 6.45) is -2.24. The van der Waals surface area contributed by atoms with Crippen LogP contribution >= 0.6 is 0 Å². The molecule has 6 heteroatoms. The first kappa shape index (κ1) is 13.5. The van der Waals surface area contributed by atoms with Gasteiger partial charge in [0, 0.05) is 11.8 Å². The second kappa shape index (κ2) is 5.70. The maximum absolute atomic E-state index is 13.3. The molecule has 1 aromatic heterocycles. The van der Waals surface area contributed by atoms with Gasteiger partial charge in [-0.1, -0.05) is 0 Å². The maximum atomic E-state index is 13.3. The Hall–Kier alpha value is -1.53. The van der Waals surface area contributed by atoms with Crippen molar-refractivity contribution < 1.29 is 24.1 Å². The highest BCUT2D eigenvalue weighted by atomic mass is 19.1. The minimum atomic E-state index is -1.83. The molecule has 0 aromatic carbocycles. The molecular formula is C11H14FNO4. The molecule has 0 bridgehead atoms. The maximum Gasteiger partial charge on any atom is 0.338 e. The number of ether oxygens (including phenoxy) is 1. The number of aliphatic hydroxyl groups excluding tert-OH is 2. The molecule has 0 spiro atoms. The Morgan fingerprint density at radius 3 is 2.82 bits per heavy atom. The molecule has 0 aliphatic heterocycles. The normalized spacial score (nSPS) is 14.2. The van der Waals surface area contributed by atoms with Gasteiger partial charge in [-0.25, -0.2) is 9.78 Å². The van der Waals surface area contributed by atoms with Crippen molar-refractivity contribution in [3.63, 3.8) is 0 Å². The second-order valence-electron chi connectivity index (χ2n) is 3.53. The first-order valence-electron chi connectivity index (χ1n) is 5.12. The molecule has 5 nitrogen and oxygen atoms in total. The minimum absolute atomic E-state index is 0.0666. The molecular weight excluding hydrogens is 229 g/mol. The minimum Gasteiger partial charge on any atom is -0.464 e. The molecule has 0 fully saturated rings. The molecule has 1 rings (SSSR count). The van der Waals surface area contributed by atoms with Crippen LogP contribution in [0.4, 0.5) is 4.39 Å². The summed E-state index contributed by atoms with van der Waals surface area (Å²) in [7, 11) is 0. The first-order chi connectivity index (χ1) is 7.97. The van der Waals surface area contributed by atoms with Gasteiger partial charge in [0.25, 0.3) is 0 Å². The third-order valence-electron chi connectivity index (χ3n) is 2.15. The molecule has 0 saturated carbocycles. The van der Waals surface area contributed by atoms with E-state index in [1.165, 1.54) is 12.3 Å². The quantitative estimate of drug-likeness (QED) is 0.594. The Labute approximate surface area is 97.9 Å². The summed E-state index contributed by atoms with van der Waals surface area (Å²) in [5, 5.41) is 19.1. The molecule has 2 atom stereocenters. The highest BCUT2D eigenvalue weighted by molar-refractivity contribution is 5.75. The van der Waals surface area contributed by atoms with E-state index in [0.717, 1.165) is 0 Å². The molecule has 1 aromatic rings. The van der Waals surface area contributed by atoms with E-state index in [2.05, 4.69) is 9.72 Å². The highest BCUT2D eigenvalue weighted by Crippen LogP contribution is 2.20. The standard InChI is InChI=1S/C11H14FNO4/c1-3-17-11(16)9(15)8(14)7-4-6(2)5-13-10(7)12/h4-5,8-9,14-15H,3H2,1-2H3. The predicted octanol–water partition coefficient (Wildman–Crippen LogP) is 0.487. The molecule has 0 aliphatic rings. The summed E-state index contributed by atoms with van der Waals surface area (Å²) in [4.78, 5) is 14.6. The monoisotopic (exact) mass is 243 g/mol. The van der Waals surface area contributed by atoms with Crippen LogP contribution in [0.2, 0.25) is 0 Å². The average molecular weight is 243 g/mol. The first-order valence-corrected chi connectivity index (χ1v) is 5.12. The molecule has 2 N–H and O–H groups in total. The fourth-order valence-electron chi connectivity index (χ4n) is 1.31. The molecule has 2 unspecified atom stereocenters. The van der Waals surface area contributed by atoms with E-state index in [1.54, 1.807) is 13.8 Å². The van der Waals surface area contributed by atoms with Gasteiger partial charge in [-0.2, -0.15) is 4.39 Å². The molecule has 0 saturated heterocycles. The zero-order valence-electron chi connectivity index (χ0n) is 9.55. The van der Waals surface area contributed by atoms with Gasteiger partial charge in [0.05, 0.1) is 6.61 Å². The van der Waals surface area contributed by atoms with Crippen molar-refractivity contribution in [1.29, 1.82) is 0 Å². The lowest BCUT2D eigenvalue weighted by atomic mass is 10.0. The van der Waals surface area contributed by atoms with Crippen molar-refractivity contribution in [2.45, 2.75) is 26.1 Å². The van der Waals surface area contributed by atoms with Crippen molar-refractivity contribution in [2.75, 3.05) is 6.61 Å². The summed E-state index contributed by atoms with van der Waals surface area (Å²) >= 11 is 0. The van der Waals surface area contributed by atoms with Crippen LogP contribution in [0.1, 0.15) is 24.2 Å². The number of aromatic nitrogens is 1. The van der Waals surface area contributed by atoms with Crippen molar-refractivity contribution in [1.82, 2.24) is 4.98 Å². The molecule has 0 radical (unpaired) electrons. The largest absolute Gasteiger partial charge is 0.464 e. The Balaban J connectivity index is 2.91. The van der Waals surface area contributed by atoms with Crippen LogP contribution in [0.5, 0.6) is 0 Å². The number of aliphatic hydroxyl groups is 2. The lowest BCUT2D eigenvalue weighted by Gasteiger charge is -2.17. The smallest absolute Gasteiger partial charge is 0.338 e. The number of hydrogen-bond donors (Lipinski definition) is 2. The van der Waals surface area contributed by atoms with Gasteiger partial charge in [-0.05, 0) is 25.5 Å². The van der Waals surface area contributed by atoms with E-state index in [9.17, 15) is 19.4 Å².